The van der Waals surface area contributed by atoms with Crippen molar-refractivity contribution >= 4 is 23.0 Å². The molecule has 0 radical (unpaired) electrons. The van der Waals surface area contributed by atoms with Crippen LogP contribution < -0.4 is 10.6 Å². The van der Waals surface area contributed by atoms with Gasteiger partial charge in [-0.15, -0.1) is 0 Å². The number of hydrogen-bond donors (Lipinski definition) is 2. The second-order valence-corrected chi connectivity index (χ2v) is 5.22. The molecular weight excluding hydrogens is 309 g/mol. The average molecular weight is 324 g/mol. The molecule has 2 N–H and O–H groups in total. The van der Waals surface area contributed by atoms with Crippen LogP contribution in [0.5, 0.6) is 0 Å². The molecule has 2 aromatic rings. The Morgan fingerprint density at radius 3 is 2.27 bits per heavy atom. The smallest absolute Gasteiger partial charge is 0.358 e. The van der Waals surface area contributed by atoms with Crippen molar-refractivity contribution in [2.75, 3.05) is 5.32 Å². The highest BCUT2D eigenvalue weighted by Crippen LogP contribution is 2.29. The molecule has 0 spiro atoms. The van der Waals surface area contributed by atoms with Crippen molar-refractivity contribution < 1.29 is 13.2 Å². The van der Waals surface area contributed by atoms with Crippen LogP contribution in [0.1, 0.15) is 16.7 Å². The van der Waals surface area contributed by atoms with E-state index in [1.54, 1.807) is 0 Å². The second-order valence-electron chi connectivity index (χ2n) is 4.81. The molecule has 2 aromatic carbocycles. The molecule has 0 atom stereocenters. The first-order chi connectivity index (χ1) is 10.4. The molecule has 0 aromatic heterocycles. The van der Waals surface area contributed by atoms with E-state index in [9.17, 15) is 13.2 Å². The number of alkyl halides is 3. The van der Waals surface area contributed by atoms with Crippen LogP contribution in [-0.4, -0.2) is 5.11 Å². The highest BCUT2D eigenvalue weighted by atomic mass is 32.1. The summed E-state index contributed by atoms with van der Waals surface area (Å²) in [5.74, 6) is 0. The summed E-state index contributed by atoms with van der Waals surface area (Å²) >= 11 is 5.14. The van der Waals surface area contributed by atoms with Crippen LogP contribution in [0.2, 0.25) is 0 Å². The fourth-order valence-electron chi connectivity index (χ4n) is 1.90. The molecule has 0 unspecified atom stereocenters. The van der Waals surface area contributed by atoms with Crippen molar-refractivity contribution in [3.8, 4) is 0 Å². The fourth-order valence-corrected chi connectivity index (χ4v) is 2.09. The van der Waals surface area contributed by atoms with Crippen LogP contribution in [0, 0.1) is 6.92 Å². The largest absolute Gasteiger partial charge is 0.416 e. The Kier molecular flexibility index (Phi) is 5.03. The Morgan fingerprint density at radius 1 is 1.05 bits per heavy atom. The molecule has 22 heavy (non-hydrogen) atoms. The molecule has 0 amide bonds. The number of hydrogen-bond acceptors (Lipinski definition) is 1. The van der Waals surface area contributed by atoms with Crippen LogP contribution in [0.15, 0.2) is 48.5 Å². The SMILES string of the molecule is Cc1ccccc1CNC(=S)Nc1ccc(C(F)(F)F)cc1. The molecule has 2 rings (SSSR count). The van der Waals surface area contributed by atoms with Gasteiger partial charge < -0.3 is 10.6 Å². The molecule has 0 heterocycles. The third-order valence-electron chi connectivity index (χ3n) is 3.17. The van der Waals surface area contributed by atoms with Gasteiger partial charge in [-0.05, 0) is 54.5 Å². The lowest BCUT2D eigenvalue weighted by atomic mass is 10.1. The van der Waals surface area contributed by atoms with Gasteiger partial charge in [-0.2, -0.15) is 13.2 Å². The lowest BCUT2D eigenvalue weighted by Gasteiger charge is -2.13. The highest BCUT2D eigenvalue weighted by molar-refractivity contribution is 7.80. The topological polar surface area (TPSA) is 24.1 Å². The summed E-state index contributed by atoms with van der Waals surface area (Å²) in [6, 6.07) is 12.6. The summed E-state index contributed by atoms with van der Waals surface area (Å²) in [6.07, 6.45) is -4.33. The molecule has 116 valence electrons. The van der Waals surface area contributed by atoms with Gasteiger partial charge in [0.2, 0.25) is 0 Å². The van der Waals surface area contributed by atoms with E-state index in [0.717, 1.165) is 23.3 Å². The first-order valence-corrected chi connectivity index (χ1v) is 7.04. The summed E-state index contributed by atoms with van der Waals surface area (Å²) in [5, 5.41) is 6.26. The number of halogens is 3. The van der Waals surface area contributed by atoms with E-state index in [-0.39, 0.29) is 0 Å². The molecule has 0 bridgehead atoms. The summed E-state index contributed by atoms with van der Waals surface area (Å²) in [4.78, 5) is 0. The maximum atomic E-state index is 12.5. The van der Waals surface area contributed by atoms with Gasteiger partial charge in [0.15, 0.2) is 5.11 Å². The van der Waals surface area contributed by atoms with E-state index in [4.69, 9.17) is 12.2 Å². The van der Waals surface area contributed by atoms with E-state index in [1.165, 1.54) is 12.1 Å². The monoisotopic (exact) mass is 324 g/mol. The number of thiocarbonyl (C=S) groups is 1. The Hall–Kier alpha value is -2.08. The van der Waals surface area contributed by atoms with Crippen molar-refractivity contribution in [1.29, 1.82) is 0 Å². The molecule has 0 aliphatic carbocycles. The minimum absolute atomic E-state index is 0.364. The first-order valence-electron chi connectivity index (χ1n) is 6.63. The first kappa shape index (κ1) is 16.3. The lowest BCUT2D eigenvalue weighted by Crippen LogP contribution is -2.28. The molecular formula is C16H15F3N2S. The highest BCUT2D eigenvalue weighted by Gasteiger charge is 2.29. The molecule has 0 saturated heterocycles. The number of aryl methyl sites for hydroxylation is 1. The summed E-state index contributed by atoms with van der Waals surface area (Å²) < 4.78 is 37.4. The third kappa shape index (κ3) is 4.46. The lowest BCUT2D eigenvalue weighted by molar-refractivity contribution is -0.137. The number of benzene rings is 2. The maximum absolute atomic E-state index is 12.5. The number of nitrogens with one attached hydrogen (secondary N) is 2. The molecule has 2 nitrogen and oxygen atoms in total. The average Bonchev–Trinajstić information content (AvgIpc) is 2.46. The molecule has 0 saturated carbocycles. The van der Waals surface area contributed by atoms with Crippen molar-refractivity contribution in [3.63, 3.8) is 0 Å². The van der Waals surface area contributed by atoms with Crippen LogP contribution >= 0.6 is 12.2 Å². The zero-order chi connectivity index (χ0) is 16.2. The van der Waals surface area contributed by atoms with E-state index < -0.39 is 11.7 Å². The number of anilines is 1. The zero-order valence-electron chi connectivity index (χ0n) is 11.9. The predicted octanol–water partition coefficient (Wildman–Crippen LogP) is 4.50. The van der Waals surface area contributed by atoms with E-state index in [2.05, 4.69) is 10.6 Å². The molecule has 0 aliphatic heterocycles. The number of rotatable bonds is 3. The molecule has 6 heteroatoms. The summed E-state index contributed by atoms with van der Waals surface area (Å²) in [7, 11) is 0. The minimum Gasteiger partial charge on any atom is -0.358 e. The van der Waals surface area contributed by atoms with Gasteiger partial charge >= 0.3 is 6.18 Å². The van der Waals surface area contributed by atoms with Gasteiger partial charge in [-0.3, -0.25) is 0 Å². The van der Waals surface area contributed by atoms with E-state index in [0.29, 0.717) is 17.3 Å². The summed E-state index contributed by atoms with van der Waals surface area (Å²) in [6.45, 7) is 2.56. The van der Waals surface area contributed by atoms with Gasteiger partial charge in [-0.1, -0.05) is 24.3 Å². The van der Waals surface area contributed by atoms with Gasteiger partial charge in [0.05, 0.1) is 5.56 Å². The minimum atomic E-state index is -4.33. The van der Waals surface area contributed by atoms with Crippen LogP contribution in [0.25, 0.3) is 0 Å². The quantitative estimate of drug-likeness (QED) is 0.813. The van der Waals surface area contributed by atoms with Crippen molar-refractivity contribution in [2.45, 2.75) is 19.6 Å². The second kappa shape index (κ2) is 6.79. The van der Waals surface area contributed by atoms with Crippen LogP contribution in [-0.2, 0) is 12.7 Å². The fraction of sp³-hybridized carbons (Fsp3) is 0.188. The Bertz CT molecular complexity index is 651. The van der Waals surface area contributed by atoms with E-state index >= 15 is 0 Å². The van der Waals surface area contributed by atoms with Gasteiger partial charge in [0.25, 0.3) is 0 Å². The standard InChI is InChI=1S/C16H15F3N2S/c1-11-4-2-3-5-12(11)10-20-15(22)21-14-8-6-13(7-9-14)16(17,18)19/h2-9H,10H2,1H3,(H2,20,21,22). The predicted molar refractivity (Wildman–Crippen MR) is 85.7 cm³/mol. The van der Waals surface area contributed by atoms with Gasteiger partial charge in [0, 0.05) is 12.2 Å². The van der Waals surface area contributed by atoms with Crippen molar-refractivity contribution in [3.05, 3.63) is 65.2 Å². The van der Waals surface area contributed by atoms with Crippen molar-refractivity contribution in [1.82, 2.24) is 5.32 Å². The normalized spacial score (nSPS) is 11.1. The van der Waals surface area contributed by atoms with Crippen LogP contribution in [0.4, 0.5) is 18.9 Å². The molecule has 0 aliphatic rings. The van der Waals surface area contributed by atoms with Gasteiger partial charge in [0.1, 0.15) is 0 Å². The van der Waals surface area contributed by atoms with Crippen molar-refractivity contribution in [2.24, 2.45) is 0 Å². The molecule has 0 fully saturated rings. The van der Waals surface area contributed by atoms with Crippen LogP contribution in [0.3, 0.4) is 0 Å². The van der Waals surface area contributed by atoms with Gasteiger partial charge in [-0.25, -0.2) is 0 Å². The Labute approximate surface area is 132 Å². The Balaban J connectivity index is 1.91. The third-order valence-corrected chi connectivity index (χ3v) is 3.42. The Morgan fingerprint density at radius 2 is 1.68 bits per heavy atom. The summed E-state index contributed by atoms with van der Waals surface area (Å²) in [5.41, 5.74) is 2.08. The van der Waals surface area contributed by atoms with E-state index in [1.807, 2.05) is 31.2 Å². The maximum Gasteiger partial charge on any atom is 0.416 e. The zero-order valence-corrected chi connectivity index (χ0v) is 12.7.